The van der Waals surface area contributed by atoms with Gasteiger partial charge in [-0.05, 0) is 24.3 Å². The average Bonchev–Trinajstić information content (AvgIpc) is 2.45. The molecule has 116 valence electrons. The molecule has 0 fully saturated rings. The molecule has 0 unspecified atom stereocenters. The predicted octanol–water partition coefficient (Wildman–Crippen LogP) is 3.16. The van der Waals surface area contributed by atoms with Gasteiger partial charge in [-0.15, -0.1) is 0 Å². The van der Waals surface area contributed by atoms with Gasteiger partial charge in [0.15, 0.2) is 0 Å². The minimum absolute atomic E-state index is 1.05. The van der Waals surface area contributed by atoms with Crippen molar-refractivity contribution in [3.8, 4) is 11.8 Å². The highest BCUT2D eigenvalue weighted by molar-refractivity contribution is 6.50. The van der Waals surface area contributed by atoms with Crippen LogP contribution in [0.4, 0.5) is 23.0 Å². The summed E-state index contributed by atoms with van der Waals surface area (Å²) in [4.78, 5) is 1.33. The smallest absolute Gasteiger partial charge is 0.418 e. The van der Waals surface area contributed by atoms with Crippen LogP contribution in [0.1, 0.15) is 11.1 Å². The first-order valence-corrected chi connectivity index (χ1v) is 6.60. The number of hydrogen-bond donors (Lipinski definition) is 1. The van der Waals surface area contributed by atoms with Crippen LogP contribution < -0.4 is 4.90 Å². The van der Waals surface area contributed by atoms with Gasteiger partial charge in [-0.3, -0.25) is 0 Å². The summed E-state index contributed by atoms with van der Waals surface area (Å²) in [5.74, 6) is 6.32. The number of halogens is 4. The van der Waals surface area contributed by atoms with E-state index in [0.29, 0.717) is 0 Å². The molecule has 0 aliphatic carbocycles. The van der Waals surface area contributed by atoms with Crippen LogP contribution in [0.25, 0.3) is 0 Å². The maximum atomic E-state index is 9.75. The van der Waals surface area contributed by atoms with Crippen molar-refractivity contribution in [2.24, 2.45) is 0 Å². The summed E-state index contributed by atoms with van der Waals surface area (Å²) < 4.78 is 39.0. The Morgan fingerprint density at radius 3 is 1.55 bits per heavy atom. The lowest BCUT2D eigenvalue weighted by molar-refractivity contribution is -0.786. The van der Waals surface area contributed by atoms with E-state index in [4.69, 9.17) is 0 Å². The highest BCUT2D eigenvalue weighted by Crippen LogP contribution is 2.06. The van der Waals surface area contributed by atoms with E-state index in [2.05, 4.69) is 50.2 Å². The minimum atomic E-state index is -6.00. The number of rotatable bonds is 1. The molecule has 1 nitrogen and oxygen atoms in total. The normalized spacial score (nSPS) is 10.3. The van der Waals surface area contributed by atoms with Crippen molar-refractivity contribution >= 4 is 12.9 Å². The van der Waals surface area contributed by atoms with Gasteiger partial charge in [0, 0.05) is 23.3 Å². The molecule has 2 rings (SSSR count). The first-order chi connectivity index (χ1) is 10.3. The molecule has 0 saturated carbocycles. The van der Waals surface area contributed by atoms with Gasteiger partial charge in [-0.25, -0.2) is 0 Å². The summed E-state index contributed by atoms with van der Waals surface area (Å²) >= 11 is 0. The first kappa shape index (κ1) is 17.8. The molecule has 2 aromatic carbocycles. The summed E-state index contributed by atoms with van der Waals surface area (Å²) in [6.45, 7) is 0. The standard InChI is InChI=1S/C16H15N.BF4/c1-17(2)16-12-10-15(11-13-16)9-8-14-6-4-3-5-7-14;2-1(3,4)5/h3-7,10-13H,1-2H3;/q;-1/p+1. The van der Waals surface area contributed by atoms with Crippen LogP contribution >= 0.6 is 0 Å². The summed E-state index contributed by atoms with van der Waals surface area (Å²) in [6.07, 6.45) is 0. The lowest BCUT2D eigenvalue weighted by Crippen LogP contribution is -3.00. The quantitative estimate of drug-likeness (QED) is 0.469. The fourth-order valence-corrected chi connectivity index (χ4v) is 1.55. The van der Waals surface area contributed by atoms with Crippen molar-refractivity contribution < 1.29 is 22.2 Å². The maximum Gasteiger partial charge on any atom is 0.673 e. The molecule has 0 spiro atoms. The van der Waals surface area contributed by atoms with Gasteiger partial charge in [-0.2, -0.15) is 0 Å². The molecule has 1 N–H and O–H groups in total. The van der Waals surface area contributed by atoms with Crippen molar-refractivity contribution in [2.75, 3.05) is 14.1 Å². The first-order valence-electron chi connectivity index (χ1n) is 6.60. The van der Waals surface area contributed by atoms with E-state index in [9.17, 15) is 17.3 Å². The Balaban J connectivity index is 0.000000422. The van der Waals surface area contributed by atoms with Gasteiger partial charge in [0.25, 0.3) is 0 Å². The Bertz CT molecular complexity index is 619. The number of quaternary nitrogens is 1. The number of benzene rings is 2. The van der Waals surface area contributed by atoms with Crippen molar-refractivity contribution in [3.05, 3.63) is 65.7 Å². The van der Waals surface area contributed by atoms with Crippen molar-refractivity contribution in [1.29, 1.82) is 0 Å². The van der Waals surface area contributed by atoms with Crippen LogP contribution in [0, 0.1) is 11.8 Å². The van der Waals surface area contributed by atoms with Crippen LogP contribution in [-0.2, 0) is 0 Å². The molecule has 0 heterocycles. The van der Waals surface area contributed by atoms with Crippen LogP contribution in [0.3, 0.4) is 0 Å². The SMILES string of the molecule is C[NH+](C)c1ccc(C#Cc2ccccc2)cc1.F[B-](F)(F)F. The lowest BCUT2D eigenvalue weighted by atomic mass is 10.1. The van der Waals surface area contributed by atoms with Gasteiger partial charge in [0.05, 0.1) is 14.1 Å². The number of nitrogens with one attached hydrogen (secondary N) is 1. The Morgan fingerprint density at radius 1 is 0.727 bits per heavy atom. The van der Waals surface area contributed by atoms with Gasteiger partial charge in [-0.1, -0.05) is 30.0 Å². The van der Waals surface area contributed by atoms with Crippen LogP contribution in [0.2, 0.25) is 0 Å². The Hall–Kier alpha value is -2.26. The molecule has 0 amide bonds. The molecule has 22 heavy (non-hydrogen) atoms. The third-order valence-corrected chi connectivity index (χ3v) is 2.59. The molecule has 0 aliphatic heterocycles. The lowest BCUT2D eigenvalue weighted by Gasteiger charge is -2.05. The summed E-state index contributed by atoms with van der Waals surface area (Å²) in [7, 11) is -1.77. The molecule has 0 saturated heterocycles. The van der Waals surface area contributed by atoms with Crippen LogP contribution in [-0.4, -0.2) is 21.3 Å². The second-order valence-corrected chi connectivity index (χ2v) is 4.69. The molecule has 0 bridgehead atoms. The zero-order valence-electron chi connectivity index (χ0n) is 12.3. The van der Waals surface area contributed by atoms with Crippen LogP contribution in [0.5, 0.6) is 0 Å². The van der Waals surface area contributed by atoms with E-state index in [1.165, 1.54) is 10.6 Å². The minimum Gasteiger partial charge on any atom is -0.418 e. The molecular formula is C16H16BF4N. The molecule has 0 atom stereocenters. The highest BCUT2D eigenvalue weighted by Gasteiger charge is 2.20. The van der Waals surface area contributed by atoms with Gasteiger partial charge >= 0.3 is 7.25 Å². The Morgan fingerprint density at radius 2 is 1.14 bits per heavy atom. The third kappa shape index (κ3) is 8.13. The molecule has 2 aromatic rings. The maximum absolute atomic E-state index is 9.75. The second-order valence-electron chi connectivity index (χ2n) is 4.69. The van der Waals surface area contributed by atoms with E-state index in [0.717, 1.165) is 11.1 Å². The average molecular weight is 309 g/mol. The molecule has 0 aromatic heterocycles. The summed E-state index contributed by atoms with van der Waals surface area (Å²) in [5.41, 5.74) is 3.38. The molecular weight excluding hydrogens is 293 g/mol. The monoisotopic (exact) mass is 309 g/mol. The van der Waals surface area contributed by atoms with E-state index in [-0.39, 0.29) is 0 Å². The fraction of sp³-hybridized carbons (Fsp3) is 0.125. The zero-order chi connectivity index (χ0) is 16.6. The highest BCUT2D eigenvalue weighted by atomic mass is 19.5. The van der Waals surface area contributed by atoms with Crippen LogP contribution in [0.15, 0.2) is 54.6 Å². The van der Waals surface area contributed by atoms with Crippen molar-refractivity contribution in [3.63, 3.8) is 0 Å². The van der Waals surface area contributed by atoms with E-state index in [1.54, 1.807) is 0 Å². The Kier molecular flexibility index (Phi) is 6.67. The van der Waals surface area contributed by atoms with E-state index in [1.807, 2.05) is 30.3 Å². The topological polar surface area (TPSA) is 4.44 Å². The summed E-state index contributed by atoms with van der Waals surface area (Å²) in [6, 6.07) is 18.4. The van der Waals surface area contributed by atoms with Gasteiger partial charge in [0.2, 0.25) is 0 Å². The van der Waals surface area contributed by atoms with Gasteiger partial charge in [0.1, 0.15) is 5.69 Å². The third-order valence-electron chi connectivity index (χ3n) is 2.59. The Labute approximate surface area is 127 Å². The van der Waals surface area contributed by atoms with E-state index < -0.39 is 7.25 Å². The van der Waals surface area contributed by atoms with Gasteiger partial charge < -0.3 is 22.2 Å². The second kappa shape index (κ2) is 8.25. The zero-order valence-corrected chi connectivity index (χ0v) is 12.3. The largest absolute Gasteiger partial charge is 0.673 e. The molecule has 0 aliphatic rings. The van der Waals surface area contributed by atoms with Crippen molar-refractivity contribution in [1.82, 2.24) is 0 Å². The fourth-order valence-electron chi connectivity index (χ4n) is 1.55. The van der Waals surface area contributed by atoms with Crippen molar-refractivity contribution in [2.45, 2.75) is 0 Å². The number of hydrogen-bond acceptors (Lipinski definition) is 0. The predicted molar refractivity (Wildman–Crippen MR) is 81.5 cm³/mol. The summed E-state index contributed by atoms with van der Waals surface area (Å²) in [5, 5.41) is 0. The van der Waals surface area contributed by atoms with E-state index >= 15 is 0 Å². The molecule has 0 radical (unpaired) electrons. The molecule has 6 heteroatoms.